The third kappa shape index (κ3) is 3.36. The van der Waals surface area contributed by atoms with Crippen molar-refractivity contribution in [3.8, 4) is 5.75 Å². The molecule has 0 spiro atoms. The van der Waals surface area contributed by atoms with Crippen molar-refractivity contribution in [1.29, 1.82) is 0 Å². The topological polar surface area (TPSA) is 21.3 Å². The lowest BCUT2D eigenvalue weighted by atomic mass is 9.98. The zero-order valence-corrected chi connectivity index (χ0v) is 11.8. The lowest BCUT2D eigenvalue weighted by molar-refractivity contribution is 0.238. The van der Waals surface area contributed by atoms with E-state index in [4.69, 9.17) is 4.74 Å². The number of rotatable bonds is 5. The van der Waals surface area contributed by atoms with Gasteiger partial charge in [0.05, 0.1) is 12.1 Å². The maximum atomic E-state index is 5.91. The van der Waals surface area contributed by atoms with Gasteiger partial charge < -0.3 is 10.1 Å². The van der Waals surface area contributed by atoms with Crippen LogP contribution in [0, 0.1) is 0 Å². The summed E-state index contributed by atoms with van der Waals surface area (Å²) in [6.07, 6.45) is 0.175. The molecule has 2 aromatic carbocycles. The highest BCUT2D eigenvalue weighted by molar-refractivity contribution is 5.41. The minimum atomic E-state index is 0.149. The van der Waals surface area contributed by atoms with Crippen LogP contribution in [-0.2, 0) is 0 Å². The van der Waals surface area contributed by atoms with Crippen molar-refractivity contribution in [3.63, 3.8) is 0 Å². The Hall–Kier alpha value is -1.80. The zero-order chi connectivity index (χ0) is 13.7. The average Bonchev–Trinajstić information content (AvgIpc) is 2.42. The molecule has 2 rings (SSSR count). The summed E-state index contributed by atoms with van der Waals surface area (Å²) in [6.45, 7) is 4.10. The molecule has 2 heteroatoms. The molecule has 0 fully saturated rings. The average molecular weight is 255 g/mol. The maximum Gasteiger partial charge on any atom is 0.124 e. The second-order valence-corrected chi connectivity index (χ2v) is 4.84. The molecule has 19 heavy (non-hydrogen) atoms. The number of ether oxygens (including phenoxy) is 1. The van der Waals surface area contributed by atoms with Gasteiger partial charge in [0.2, 0.25) is 0 Å². The second-order valence-electron chi connectivity index (χ2n) is 4.84. The summed E-state index contributed by atoms with van der Waals surface area (Å²) in [5.74, 6) is 0.945. The van der Waals surface area contributed by atoms with E-state index < -0.39 is 0 Å². The lowest BCUT2D eigenvalue weighted by Crippen LogP contribution is -2.19. The van der Waals surface area contributed by atoms with Crippen molar-refractivity contribution in [1.82, 2.24) is 5.32 Å². The molecule has 1 atom stereocenters. The van der Waals surface area contributed by atoms with Gasteiger partial charge >= 0.3 is 0 Å². The summed E-state index contributed by atoms with van der Waals surface area (Å²) in [5, 5.41) is 3.37. The monoisotopic (exact) mass is 255 g/mol. The Morgan fingerprint density at radius 2 is 1.53 bits per heavy atom. The quantitative estimate of drug-likeness (QED) is 0.878. The molecule has 1 N–H and O–H groups in total. The number of benzene rings is 2. The summed E-state index contributed by atoms with van der Waals surface area (Å²) in [6, 6.07) is 18.8. The Balaban J connectivity index is 2.38. The van der Waals surface area contributed by atoms with Crippen LogP contribution in [0.25, 0.3) is 0 Å². The summed E-state index contributed by atoms with van der Waals surface area (Å²) < 4.78 is 5.91. The van der Waals surface area contributed by atoms with E-state index in [9.17, 15) is 0 Å². The minimum Gasteiger partial charge on any atom is -0.491 e. The summed E-state index contributed by atoms with van der Waals surface area (Å²) in [4.78, 5) is 0. The highest BCUT2D eigenvalue weighted by atomic mass is 16.5. The molecule has 1 unspecified atom stereocenters. The molecule has 0 heterocycles. The van der Waals surface area contributed by atoms with Gasteiger partial charge in [-0.05, 0) is 32.5 Å². The minimum absolute atomic E-state index is 0.149. The highest BCUT2D eigenvalue weighted by Crippen LogP contribution is 2.30. The largest absolute Gasteiger partial charge is 0.491 e. The molecule has 0 aliphatic rings. The zero-order valence-electron chi connectivity index (χ0n) is 11.8. The van der Waals surface area contributed by atoms with E-state index in [1.165, 1.54) is 11.1 Å². The number of para-hydroxylation sites is 1. The van der Waals surface area contributed by atoms with Crippen LogP contribution in [0.4, 0.5) is 0 Å². The van der Waals surface area contributed by atoms with E-state index in [1.807, 2.05) is 39.1 Å². The molecular weight excluding hydrogens is 234 g/mol. The molecule has 0 aromatic heterocycles. The Kier molecular flexibility index (Phi) is 4.58. The SMILES string of the molecule is CNC(c1ccccc1)c1ccccc1OC(C)C. The first kappa shape index (κ1) is 13.6. The molecule has 100 valence electrons. The van der Waals surface area contributed by atoms with Crippen LogP contribution in [0.15, 0.2) is 54.6 Å². The number of hydrogen-bond acceptors (Lipinski definition) is 2. The van der Waals surface area contributed by atoms with Crippen LogP contribution < -0.4 is 10.1 Å². The Morgan fingerprint density at radius 1 is 0.895 bits per heavy atom. The Morgan fingerprint density at radius 3 is 2.16 bits per heavy atom. The van der Waals surface area contributed by atoms with Crippen molar-refractivity contribution in [2.45, 2.75) is 26.0 Å². The first-order valence-electron chi connectivity index (χ1n) is 6.70. The molecule has 0 radical (unpaired) electrons. The van der Waals surface area contributed by atoms with Gasteiger partial charge in [-0.1, -0.05) is 48.5 Å². The molecule has 2 aromatic rings. The van der Waals surface area contributed by atoms with E-state index >= 15 is 0 Å². The van der Waals surface area contributed by atoms with Crippen molar-refractivity contribution in [3.05, 3.63) is 65.7 Å². The fourth-order valence-corrected chi connectivity index (χ4v) is 2.23. The fraction of sp³-hybridized carbons (Fsp3) is 0.294. The van der Waals surface area contributed by atoms with Crippen LogP contribution in [0.2, 0.25) is 0 Å². The Labute approximate surface area is 115 Å². The van der Waals surface area contributed by atoms with Gasteiger partial charge in [-0.3, -0.25) is 0 Å². The van der Waals surface area contributed by atoms with E-state index in [2.05, 4.69) is 41.7 Å². The second kappa shape index (κ2) is 6.39. The van der Waals surface area contributed by atoms with E-state index in [0.29, 0.717) is 0 Å². The molecule has 0 bridgehead atoms. The molecule has 2 nitrogen and oxygen atoms in total. The van der Waals surface area contributed by atoms with Gasteiger partial charge in [0.15, 0.2) is 0 Å². The van der Waals surface area contributed by atoms with Crippen LogP contribution in [-0.4, -0.2) is 13.2 Å². The van der Waals surface area contributed by atoms with Crippen molar-refractivity contribution < 1.29 is 4.74 Å². The van der Waals surface area contributed by atoms with E-state index in [-0.39, 0.29) is 12.1 Å². The van der Waals surface area contributed by atoms with Gasteiger partial charge in [-0.15, -0.1) is 0 Å². The van der Waals surface area contributed by atoms with Crippen LogP contribution in [0.5, 0.6) is 5.75 Å². The standard InChI is InChI=1S/C17H21NO/c1-13(2)19-16-12-8-7-11-15(16)17(18-3)14-9-5-4-6-10-14/h4-13,17-18H,1-3H3. The van der Waals surface area contributed by atoms with Gasteiger partial charge in [0.25, 0.3) is 0 Å². The molecule has 0 saturated carbocycles. The predicted octanol–water partition coefficient (Wildman–Crippen LogP) is 3.78. The van der Waals surface area contributed by atoms with E-state index in [1.54, 1.807) is 0 Å². The van der Waals surface area contributed by atoms with Crippen molar-refractivity contribution in [2.75, 3.05) is 7.05 Å². The third-order valence-electron chi connectivity index (χ3n) is 3.01. The van der Waals surface area contributed by atoms with Crippen molar-refractivity contribution >= 4 is 0 Å². The smallest absolute Gasteiger partial charge is 0.124 e. The molecule has 0 saturated heterocycles. The predicted molar refractivity (Wildman–Crippen MR) is 79.6 cm³/mol. The molecule has 0 aliphatic carbocycles. The van der Waals surface area contributed by atoms with Gasteiger partial charge in [0, 0.05) is 5.56 Å². The van der Waals surface area contributed by atoms with Crippen molar-refractivity contribution in [2.24, 2.45) is 0 Å². The van der Waals surface area contributed by atoms with Gasteiger partial charge in [-0.2, -0.15) is 0 Å². The molecular formula is C17H21NO. The first-order chi connectivity index (χ1) is 9.22. The van der Waals surface area contributed by atoms with Crippen LogP contribution in [0.3, 0.4) is 0 Å². The van der Waals surface area contributed by atoms with Gasteiger partial charge in [0.1, 0.15) is 5.75 Å². The Bertz CT molecular complexity index is 508. The molecule has 0 aliphatic heterocycles. The van der Waals surface area contributed by atoms with E-state index in [0.717, 1.165) is 5.75 Å². The summed E-state index contributed by atoms with van der Waals surface area (Å²) in [5.41, 5.74) is 2.41. The van der Waals surface area contributed by atoms with Crippen LogP contribution >= 0.6 is 0 Å². The summed E-state index contributed by atoms with van der Waals surface area (Å²) in [7, 11) is 1.98. The normalized spacial score (nSPS) is 12.4. The molecule has 0 amide bonds. The third-order valence-corrected chi connectivity index (χ3v) is 3.01. The number of nitrogens with one attached hydrogen (secondary N) is 1. The first-order valence-corrected chi connectivity index (χ1v) is 6.70. The van der Waals surface area contributed by atoms with Gasteiger partial charge in [-0.25, -0.2) is 0 Å². The highest BCUT2D eigenvalue weighted by Gasteiger charge is 2.16. The maximum absolute atomic E-state index is 5.91. The summed E-state index contributed by atoms with van der Waals surface area (Å²) >= 11 is 0. The fourth-order valence-electron chi connectivity index (χ4n) is 2.23. The number of hydrogen-bond donors (Lipinski definition) is 1. The lowest BCUT2D eigenvalue weighted by Gasteiger charge is -2.21. The van der Waals surface area contributed by atoms with Crippen LogP contribution in [0.1, 0.15) is 31.0 Å².